The van der Waals surface area contributed by atoms with E-state index in [2.05, 4.69) is 12.1 Å². The molecule has 2 aliphatic rings. The lowest BCUT2D eigenvalue weighted by Gasteiger charge is -2.30. The molecule has 20 heavy (non-hydrogen) atoms. The summed E-state index contributed by atoms with van der Waals surface area (Å²) < 4.78 is 5.40. The molecule has 4 nitrogen and oxygen atoms in total. The number of nitrogens with zero attached hydrogens (tertiary/aromatic N) is 1. The Morgan fingerprint density at radius 2 is 2.05 bits per heavy atom. The summed E-state index contributed by atoms with van der Waals surface area (Å²) in [5.74, 6) is 0.698. The van der Waals surface area contributed by atoms with E-state index in [4.69, 9.17) is 10.5 Å². The van der Waals surface area contributed by atoms with E-state index in [1.165, 1.54) is 11.1 Å². The second-order valence-corrected chi connectivity index (χ2v) is 5.82. The number of aryl methyl sites for hydroxylation is 1. The number of hydrogen-bond donors (Lipinski definition) is 1. The number of fused-ring (bicyclic) bond motifs is 1. The molecule has 1 aromatic rings. The van der Waals surface area contributed by atoms with Crippen LogP contribution in [-0.4, -0.2) is 26.2 Å². The molecule has 1 unspecified atom stereocenters. The van der Waals surface area contributed by atoms with E-state index in [1.807, 2.05) is 13.1 Å². The molecule has 1 amide bonds. The Hall–Kier alpha value is -1.39. The largest absolute Gasteiger partial charge is 0.381 e. The monoisotopic (exact) mass is 274 g/mol. The second kappa shape index (κ2) is 5.54. The van der Waals surface area contributed by atoms with Crippen LogP contribution in [0.1, 0.15) is 36.4 Å². The second-order valence-electron chi connectivity index (χ2n) is 5.82. The standard InChI is InChI=1S/C16H22N2O2/c1-18-14-4-2-13(10-12(14)3-5-15(18)19)16(17)11-6-8-20-9-7-11/h2,4,10-11,16H,3,5-9,17H2,1H3. The molecule has 3 rings (SSSR count). The maximum Gasteiger partial charge on any atom is 0.227 e. The maximum atomic E-state index is 11.7. The molecule has 2 aliphatic heterocycles. The molecule has 1 aromatic carbocycles. The first-order chi connectivity index (χ1) is 9.66. The minimum atomic E-state index is 0.0761. The normalized spacial score (nSPS) is 21.7. The Kier molecular flexibility index (Phi) is 3.76. The highest BCUT2D eigenvalue weighted by Gasteiger charge is 2.25. The van der Waals surface area contributed by atoms with E-state index in [9.17, 15) is 4.79 Å². The molecule has 4 heteroatoms. The summed E-state index contributed by atoms with van der Waals surface area (Å²) >= 11 is 0. The zero-order valence-electron chi connectivity index (χ0n) is 12.0. The van der Waals surface area contributed by atoms with Gasteiger partial charge in [0.25, 0.3) is 0 Å². The van der Waals surface area contributed by atoms with Crippen LogP contribution >= 0.6 is 0 Å². The Morgan fingerprint density at radius 1 is 1.30 bits per heavy atom. The molecular formula is C16H22N2O2. The first-order valence-electron chi connectivity index (χ1n) is 7.39. The highest BCUT2D eigenvalue weighted by atomic mass is 16.5. The average molecular weight is 274 g/mol. The Balaban J connectivity index is 1.83. The van der Waals surface area contributed by atoms with Crippen molar-refractivity contribution in [2.75, 3.05) is 25.2 Å². The highest BCUT2D eigenvalue weighted by Crippen LogP contribution is 2.33. The third-order valence-corrected chi connectivity index (χ3v) is 4.61. The van der Waals surface area contributed by atoms with Crippen LogP contribution in [0.3, 0.4) is 0 Å². The minimum Gasteiger partial charge on any atom is -0.381 e. The van der Waals surface area contributed by atoms with Gasteiger partial charge in [-0.05, 0) is 42.4 Å². The molecule has 1 fully saturated rings. The number of carbonyl (C=O) groups excluding carboxylic acids is 1. The van der Waals surface area contributed by atoms with Gasteiger partial charge >= 0.3 is 0 Å². The topological polar surface area (TPSA) is 55.6 Å². The van der Waals surface area contributed by atoms with Crippen molar-refractivity contribution in [2.24, 2.45) is 11.7 Å². The molecule has 1 saturated heterocycles. The molecule has 2 N–H and O–H groups in total. The van der Waals surface area contributed by atoms with Gasteiger partial charge in [0.15, 0.2) is 0 Å². The van der Waals surface area contributed by atoms with E-state index < -0.39 is 0 Å². The first kappa shape index (κ1) is 13.6. The Morgan fingerprint density at radius 3 is 2.80 bits per heavy atom. The zero-order chi connectivity index (χ0) is 14.1. The summed E-state index contributed by atoms with van der Waals surface area (Å²) in [7, 11) is 1.85. The lowest BCUT2D eigenvalue weighted by molar-refractivity contribution is -0.118. The van der Waals surface area contributed by atoms with Gasteiger partial charge in [0.2, 0.25) is 5.91 Å². The van der Waals surface area contributed by atoms with Gasteiger partial charge in [0.1, 0.15) is 0 Å². The van der Waals surface area contributed by atoms with Gasteiger partial charge in [0.05, 0.1) is 0 Å². The summed E-state index contributed by atoms with van der Waals surface area (Å²) in [5, 5.41) is 0. The van der Waals surface area contributed by atoms with Crippen LogP contribution in [0.5, 0.6) is 0 Å². The number of amides is 1. The molecular weight excluding hydrogens is 252 g/mol. The van der Waals surface area contributed by atoms with E-state index in [-0.39, 0.29) is 11.9 Å². The summed E-state index contributed by atoms with van der Waals surface area (Å²) in [5.41, 5.74) is 9.90. The van der Waals surface area contributed by atoms with Crippen LogP contribution in [0.25, 0.3) is 0 Å². The zero-order valence-corrected chi connectivity index (χ0v) is 12.0. The third-order valence-electron chi connectivity index (χ3n) is 4.61. The van der Waals surface area contributed by atoms with Crippen molar-refractivity contribution >= 4 is 11.6 Å². The lowest BCUT2D eigenvalue weighted by Crippen LogP contribution is -2.32. The molecule has 0 aromatic heterocycles. The molecule has 0 bridgehead atoms. The fourth-order valence-electron chi connectivity index (χ4n) is 3.23. The molecule has 0 aliphatic carbocycles. The van der Waals surface area contributed by atoms with Gasteiger partial charge in [0, 0.05) is 38.4 Å². The van der Waals surface area contributed by atoms with Crippen molar-refractivity contribution in [3.8, 4) is 0 Å². The van der Waals surface area contributed by atoms with Crippen LogP contribution in [0.15, 0.2) is 18.2 Å². The molecule has 108 valence electrons. The average Bonchev–Trinajstić information content (AvgIpc) is 2.51. The molecule has 0 spiro atoms. The predicted octanol–water partition coefficient (Wildman–Crippen LogP) is 2.02. The number of ether oxygens (including phenoxy) is 1. The molecule has 1 atom stereocenters. The Labute approximate surface area is 119 Å². The van der Waals surface area contributed by atoms with E-state index in [1.54, 1.807) is 4.90 Å². The van der Waals surface area contributed by atoms with Gasteiger partial charge in [-0.2, -0.15) is 0 Å². The van der Waals surface area contributed by atoms with Crippen molar-refractivity contribution in [3.05, 3.63) is 29.3 Å². The number of anilines is 1. The van der Waals surface area contributed by atoms with Gasteiger partial charge in [-0.3, -0.25) is 4.79 Å². The van der Waals surface area contributed by atoms with E-state index in [0.29, 0.717) is 12.3 Å². The van der Waals surface area contributed by atoms with Crippen molar-refractivity contribution in [2.45, 2.75) is 31.7 Å². The number of hydrogen-bond acceptors (Lipinski definition) is 3. The minimum absolute atomic E-state index is 0.0761. The molecule has 0 radical (unpaired) electrons. The number of benzene rings is 1. The molecule has 0 saturated carbocycles. The summed E-state index contributed by atoms with van der Waals surface area (Å²) in [6.45, 7) is 1.64. The summed E-state index contributed by atoms with van der Waals surface area (Å²) in [6.07, 6.45) is 3.50. The van der Waals surface area contributed by atoms with E-state index in [0.717, 1.165) is 38.2 Å². The lowest BCUT2D eigenvalue weighted by atomic mass is 9.86. The number of rotatable bonds is 2. The fraction of sp³-hybridized carbons (Fsp3) is 0.562. The van der Waals surface area contributed by atoms with Crippen molar-refractivity contribution in [1.82, 2.24) is 0 Å². The predicted molar refractivity (Wildman–Crippen MR) is 78.6 cm³/mol. The highest BCUT2D eigenvalue weighted by molar-refractivity contribution is 5.95. The third kappa shape index (κ3) is 2.45. The number of nitrogens with two attached hydrogens (primary N) is 1. The maximum absolute atomic E-state index is 11.7. The van der Waals surface area contributed by atoms with Crippen LogP contribution in [0.2, 0.25) is 0 Å². The van der Waals surface area contributed by atoms with Crippen molar-refractivity contribution in [1.29, 1.82) is 0 Å². The van der Waals surface area contributed by atoms with Gasteiger partial charge in [-0.25, -0.2) is 0 Å². The van der Waals surface area contributed by atoms with Crippen LogP contribution in [-0.2, 0) is 16.0 Å². The van der Waals surface area contributed by atoms with Crippen LogP contribution < -0.4 is 10.6 Å². The van der Waals surface area contributed by atoms with E-state index >= 15 is 0 Å². The van der Waals surface area contributed by atoms with Crippen molar-refractivity contribution in [3.63, 3.8) is 0 Å². The quantitative estimate of drug-likeness (QED) is 0.897. The molecule has 2 heterocycles. The van der Waals surface area contributed by atoms with Gasteiger partial charge in [-0.1, -0.05) is 12.1 Å². The first-order valence-corrected chi connectivity index (χ1v) is 7.39. The summed E-state index contributed by atoms with van der Waals surface area (Å²) in [6, 6.07) is 6.39. The number of carbonyl (C=O) groups is 1. The summed E-state index contributed by atoms with van der Waals surface area (Å²) in [4.78, 5) is 13.5. The van der Waals surface area contributed by atoms with Crippen LogP contribution in [0, 0.1) is 5.92 Å². The Bertz CT molecular complexity index is 509. The van der Waals surface area contributed by atoms with Crippen LogP contribution in [0.4, 0.5) is 5.69 Å². The van der Waals surface area contributed by atoms with Gasteiger partial charge in [-0.15, -0.1) is 0 Å². The SMILES string of the molecule is CN1C(=O)CCc2cc(C(N)C3CCOCC3)ccc21. The fourth-order valence-corrected chi connectivity index (χ4v) is 3.23. The smallest absolute Gasteiger partial charge is 0.227 e. The van der Waals surface area contributed by atoms with Crippen molar-refractivity contribution < 1.29 is 9.53 Å². The van der Waals surface area contributed by atoms with Gasteiger partial charge < -0.3 is 15.4 Å².